The zero-order valence-electron chi connectivity index (χ0n) is 15.3. The summed E-state index contributed by atoms with van der Waals surface area (Å²) in [5, 5.41) is 3.57. The van der Waals surface area contributed by atoms with Gasteiger partial charge in [-0.25, -0.2) is 0 Å². The molecule has 1 N–H and O–H groups in total. The summed E-state index contributed by atoms with van der Waals surface area (Å²) in [6.45, 7) is 19.7. The fraction of sp³-hybridized carbons (Fsp3) is 1.00. The molecule has 20 heavy (non-hydrogen) atoms. The van der Waals surface area contributed by atoms with Crippen LogP contribution in [-0.4, -0.2) is 36.1 Å². The van der Waals surface area contributed by atoms with Gasteiger partial charge >= 0.3 is 0 Å². The Bertz CT molecular complexity index is 214. The highest BCUT2D eigenvalue weighted by atomic mass is 15.1. The molecule has 0 saturated heterocycles. The predicted octanol–water partition coefficient (Wildman–Crippen LogP) is 4.69. The van der Waals surface area contributed by atoms with E-state index in [0.29, 0.717) is 0 Å². The Morgan fingerprint density at radius 2 is 1.55 bits per heavy atom. The van der Waals surface area contributed by atoms with Crippen LogP contribution in [0.4, 0.5) is 0 Å². The maximum absolute atomic E-state index is 3.57. The molecular weight excluding hydrogens is 244 g/mol. The molecule has 0 unspecified atom stereocenters. The summed E-state index contributed by atoms with van der Waals surface area (Å²) in [5.41, 5.74) is 0.263. The van der Waals surface area contributed by atoms with Crippen molar-refractivity contribution in [1.82, 2.24) is 10.2 Å². The van der Waals surface area contributed by atoms with E-state index in [1.54, 1.807) is 0 Å². The van der Waals surface area contributed by atoms with Gasteiger partial charge in [0.15, 0.2) is 0 Å². The third-order valence-corrected chi connectivity index (χ3v) is 3.84. The third kappa shape index (κ3) is 10.7. The molecule has 0 aliphatic rings. The lowest BCUT2D eigenvalue weighted by atomic mass is 10.1. The first kappa shape index (κ1) is 19.9. The molecule has 0 aliphatic carbocycles. The normalized spacial score (nSPS) is 12.9. The summed E-state index contributed by atoms with van der Waals surface area (Å²) in [6.07, 6.45) is 6.56. The topological polar surface area (TPSA) is 15.3 Å². The van der Waals surface area contributed by atoms with Gasteiger partial charge in [-0.1, -0.05) is 34.1 Å². The van der Waals surface area contributed by atoms with E-state index in [-0.39, 0.29) is 5.54 Å². The van der Waals surface area contributed by atoms with Crippen molar-refractivity contribution in [2.24, 2.45) is 5.92 Å². The van der Waals surface area contributed by atoms with E-state index in [2.05, 4.69) is 58.7 Å². The summed E-state index contributed by atoms with van der Waals surface area (Å²) < 4.78 is 0. The molecule has 0 radical (unpaired) electrons. The second-order valence-electron chi connectivity index (χ2n) is 7.60. The fourth-order valence-corrected chi connectivity index (χ4v) is 2.78. The van der Waals surface area contributed by atoms with Crippen molar-refractivity contribution in [1.29, 1.82) is 0 Å². The van der Waals surface area contributed by atoms with Crippen LogP contribution in [0, 0.1) is 5.92 Å². The SMILES string of the molecule is CCC(CC)N(CCCCCNC(C)(C)C)CC(C)C. The van der Waals surface area contributed by atoms with Crippen LogP contribution in [0.15, 0.2) is 0 Å². The van der Waals surface area contributed by atoms with E-state index in [9.17, 15) is 0 Å². The smallest absolute Gasteiger partial charge is 0.00965 e. The first-order valence-corrected chi connectivity index (χ1v) is 8.79. The van der Waals surface area contributed by atoms with E-state index in [0.717, 1.165) is 18.5 Å². The van der Waals surface area contributed by atoms with Gasteiger partial charge in [0.05, 0.1) is 0 Å². The summed E-state index contributed by atoms with van der Waals surface area (Å²) >= 11 is 0. The molecule has 0 saturated carbocycles. The van der Waals surface area contributed by atoms with E-state index >= 15 is 0 Å². The minimum absolute atomic E-state index is 0.263. The van der Waals surface area contributed by atoms with Gasteiger partial charge in [-0.15, -0.1) is 0 Å². The van der Waals surface area contributed by atoms with Crippen molar-refractivity contribution < 1.29 is 0 Å². The number of unbranched alkanes of at least 4 members (excludes halogenated alkanes) is 2. The zero-order chi connectivity index (χ0) is 15.6. The summed E-state index contributed by atoms with van der Waals surface area (Å²) in [7, 11) is 0. The molecule has 0 spiro atoms. The van der Waals surface area contributed by atoms with Crippen LogP contribution < -0.4 is 5.32 Å². The highest BCUT2D eigenvalue weighted by Gasteiger charge is 2.15. The molecule has 0 aromatic carbocycles. The molecule has 0 aliphatic heterocycles. The lowest BCUT2D eigenvalue weighted by Gasteiger charge is -2.32. The van der Waals surface area contributed by atoms with Gasteiger partial charge in [0.1, 0.15) is 0 Å². The van der Waals surface area contributed by atoms with Gasteiger partial charge in [-0.3, -0.25) is 0 Å². The molecule has 0 aromatic heterocycles. The Morgan fingerprint density at radius 3 is 2.00 bits per heavy atom. The molecule has 0 heterocycles. The molecule has 0 aromatic rings. The molecule has 2 heteroatoms. The van der Waals surface area contributed by atoms with Crippen LogP contribution in [0.3, 0.4) is 0 Å². The molecule has 0 fully saturated rings. The lowest BCUT2D eigenvalue weighted by molar-refractivity contribution is 0.162. The van der Waals surface area contributed by atoms with E-state index in [1.807, 2.05) is 0 Å². The van der Waals surface area contributed by atoms with Gasteiger partial charge in [-0.2, -0.15) is 0 Å². The van der Waals surface area contributed by atoms with Crippen LogP contribution in [0.1, 0.15) is 80.6 Å². The Labute approximate surface area is 128 Å². The van der Waals surface area contributed by atoms with Crippen LogP contribution in [0.5, 0.6) is 0 Å². The maximum Gasteiger partial charge on any atom is 0.00965 e. The Balaban J connectivity index is 3.90. The predicted molar refractivity (Wildman–Crippen MR) is 92.4 cm³/mol. The Hall–Kier alpha value is -0.0800. The van der Waals surface area contributed by atoms with Crippen molar-refractivity contribution in [3.8, 4) is 0 Å². The summed E-state index contributed by atoms with van der Waals surface area (Å²) in [5.74, 6) is 0.776. The zero-order valence-corrected chi connectivity index (χ0v) is 15.3. The van der Waals surface area contributed by atoms with Gasteiger partial charge < -0.3 is 10.2 Å². The number of nitrogens with one attached hydrogen (secondary N) is 1. The summed E-state index contributed by atoms with van der Waals surface area (Å²) in [4.78, 5) is 2.72. The highest BCUT2D eigenvalue weighted by molar-refractivity contribution is 4.72. The van der Waals surface area contributed by atoms with E-state index < -0.39 is 0 Å². The summed E-state index contributed by atoms with van der Waals surface area (Å²) in [6, 6.07) is 0.783. The first-order valence-electron chi connectivity index (χ1n) is 8.79. The van der Waals surface area contributed by atoms with Crippen LogP contribution in [0.25, 0.3) is 0 Å². The van der Waals surface area contributed by atoms with Gasteiger partial charge in [0.2, 0.25) is 0 Å². The van der Waals surface area contributed by atoms with Gasteiger partial charge in [-0.05, 0) is 65.5 Å². The van der Waals surface area contributed by atoms with Crippen molar-refractivity contribution in [3.05, 3.63) is 0 Å². The first-order chi connectivity index (χ1) is 9.30. The molecule has 122 valence electrons. The number of nitrogens with zero attached hydrogens (tertiary/aromatic N) is 1. The number of hydrogen-bond donors (Lipinski definition) is 1. The van der Waals surface area contributed by atoms with Gasteiger partial charge in [0, 0.05) is 18.1 Å². The monoisotopic (exact) mass is 284 g/mol. The fourth-order valence-electron chi connectivity index (χ4n) is 2.78. The Kier molecular flexibility index (Phi) is 10.6. The van der Waals surface area contributed by atoms with Gasteiger partial charge in [0.25, 0.3) is 0 Å². The molecule has 2 nitrogen and oxygen atoms in total. The quantitative estimate of drug-likeness (QED) is 0.554. The Morgan fingerprint density at radius 1 is 0.950 bits per heavy atom. The second kappa shape index (κ2) is 10.6. The third-order valence-electron chi connectivity index (χ3n) is 3.84. The van der Waals surface area contributed by atoms with Crippen molar-refractivity contribution in [3.63, 3.8) is 0 Å². The average Bonchev–Trinajstić information content (AvgIpc) is 2.32. The molecular formula is C18H40N2. The maximum atomic E-state index is 3.57. The van der Waals surface area contributed by atoms with Crippen molar-refractivity contribution in [2.45, 2.75) is 92.2 Å². The van der Waals surface area contributed by atoms with Crippen LogP contribution in [-0.2, 0) is 0 Å². The molecule has 0 amide bonds. The molecule has 0 rings (SSSR count). The molecule has 0 atom stereocenters. The molecule has 0 bridgehead atoms. The van der Waals surface area contributed by atoms with E-state index in [1.165, 1.54) is 45.2 Å². The highest BCUT2D eigenvalue weighted by Crippen LogP contribution is 2.13. The van der Waals surface area contributed by atoms with Crippen molar-refractivity contribution >= 4 is 0 Å². The van der Waals surface area contributed by atoms with E-state index in [4.69, 9.17) is 0 Å². The largest absolute Gasteiger partial charge is 0.312 e. The number of hydrogen-bond acceptors (Lipinski definition) is 2. The van der Waals surface area contributed by atoms with Crippen molar-refractivity contribution in [2.75, 3.05) is 19.6 Å². The lowest BCUT2D eigenvalue weighted by Crippen LogP contribution is -2.38. The number of rotatable bonds is 11. The minimum atomic E-state index is 0.263. The standard InChI is InChI=1S/C18H40N2/c1-8-17(9-2)20(15-16(3)4)14-12-10-11-13-19-18(5,6)7/h16-17,19H,8-15H2,1-7H3. The minimum Gasteiger partial charge on any atom is -0.312 e. The average molecular weight is 285 g/mol. The van der Waals surface area contributed by atoms with Crippen LogP contribution in [0.2, 0.25) is 0 Å². The second-order valence-corrected chi connectivity index (χ2v) is 7.60. The van der Waals surface area contributed by atoms with Crippen LogP contribution >= 0.6 is 0 Å².